The summed E-state index contributed by atoms with van der Waals surface area (Å²) < 4.78 is 0. The Morgan fingerprint density at radius 1 is 0.957 bits per heavy atom. The Balaban J connectivity index is 1.50. The number of aliphatic hydroxyl groups is 2. The molecule has 4 rings (SSSR count). The molecule has 1 aromatic rings. The maximum absolute atomic E-state index is 12.8. The molecule has 0 radical (unpaired) electrons. The lowest BCUT2D eigenvalue weighted by Gasteiger charge is -2.31. The number of amides is 1. The number of nitrogens with zero attached hydrogens (tertiary/aromatic N) is 1. The van der Waals surface area contributed by atoms with Gasteiger partial charge in [0.05, 0.1) is 12.2 Å². The van der Waals surface area contributed by atoms with Crippen LogP contribution in [0.2, 0.25) is 0 Å². The third-order valence-electron chi connectivity index (χ3n) is 5.99. The van der Waals surface area contributed by atoms with E-state index in [0.717, 1.165) is 18.4 Å². The second-order valence-electron chi connectivity index (χ2n) is 7.53. The highest BCUT2D eigenvalue weighted by Gasteiger charge is 2.42. The van der Waals surface area contributed by atoms with Crippen LogP contribution in [0, 0.1) is 11.8 Å². The van der Waals surface area contributed by atoms with Gasteiger partial charge in [-0.2, -0.15) is 0 Å². The third kappa shape index (κ3) is 2.79. The number of carbonyl (C=O) groups excluding carboxylic acids is 1. The van der Waals surface area contributed by atoms with Crippen LogP contribution >= 0.6 is 0 Å². The molecule has 4 nitrogen and oxygen atoms in total. The largest absolute Gasteiger partial charge is 0.390 e. The third-order valence-corrected chi connectivity index (χ3v) is 5.99. The van der Waals surface area contributed by atoms with E-state index < -0.39 is 12.2 Å². The standard InChI is InChI=1S/C19H25NO3/c21-17-8-15-10-20(11-16(15)9-18(17)22)19(23)14-6-5-12-3-1-2-4-13(12)7-14/h5-7,15-18,21-22H,1-4,8-11H2/t15-,16+,17+,18-. The van der Waals surface area contributed by atoms with E-state index in [9.17, 15) is 15.0 Å². The highest BCUT2D eigenvalue weighted by Crippen LogP contribution is 2.37. The van der Waals surface area contributed by atoms with Gasteiger partial charge in [0.1, 0.15) is 0 Å². The molecule has 2 N–H and O–H groups in total. The molecule has 4 heteroatoms. The van der Waals surface area contributed by atoms with Crippen LogP contribution in [0.1, 0.15) is 47.2 Å². The maximum Gasteiger partial charge on any atom is 0.253 e. The summed E-state index contributed by atoms with van der Waals surface area (Å²) in [5.74, 6) is 0.765. The number of aliphatic hydroxyl groups excluding tert-OH is 2. The Labute approximate surface area is 137 Å². The predicted molar refractivity (Wildman–Crippen MR) is 87.2 cm³/mol. The first-order valence-electron chi connectivity index (χ1n) is 8.89. The van der Waals surface area contributed by atoms with Gasteiger partial charge in [-0.3, -0.25) is 4.79 Å². The second-order valence-corrected chi connectivity index (χ2v) is 7.53. The summed E-state index contributed by atoms with van der Waals surface area (Å²) in [5, 5.41) is 19.7. The number of rotatable bonds is 1. The predicted octanol–water partition coefficient (Wildman–Crippen LogP) is 1.77. The van der Waals surface area contributed by atoms with Gasteiger partial charge in [0, 0.05) is 18.7 Å². The monoisotopic (exact) mass is 315 g/mol. The molecule has 1 aromatic carbocycles. The van der Waals surface area contributed by atoms with Gasteiger partial charge in [0.2, 0.25) is 0 Å². The lowest BCUT2D eigenvalue weighted by atomic mass is 9.79. The van der Waals surface area contributed by atoms with Crippen molar-refractivity contribution < 1.29 is 15.0 Å². The highest BCUT2D eigenvalue weighted by molar-refractivity contribution is 5.94. The van der Waals surface area contributed by atoms with Crippen LogP contribution in [-0.4, -0.2) is 46.3 Å². The molecule has 1 saturated carbocycles. The lowest BCUT2D eigenvalue weighted by Crippen LogP contribution is -2.38. The van der Waals surface area contributed by atoms with E-state index in [0.29, 0.717) is 37.8 Å². The molecule has 124 valence electrons. The molecule has 3 aliphatic rings. The van der Waals surface area contributed by atoms with E-state index in [1.807, 2.05) is 11.0 Å². The van der Waals surface area contributed by atoms with Crippen LogP contribution in [0.4, 0.5) is 0 Å². The number of hydrogen-bond donors (Lipinski definition) is 2. The molecule has 4 atom stereocenters. The quantitative estimate of drug-likeness (QED) is 0.830. The molecule has 2 fully saturated rings. The summed E-state index contributed by atoms with van der Waals surface area (Å²) in [7, 11) is 0. The Morgan fingerprint density at radius 3 is 2.22 bits per heavy atom. The minimum atomic E-state index is -0.630. The molecule has 2 aliphatic carbocycles. The van der Waals surface area contributed by atoms with Crippen molar-refractivity contribution in [3.63, 3.8) is 0 Å². The van der Waals surface area contributed by atoms with Gasteiger partial charge < -0.3 is 15.1 Å². The van der Waals surface area contributed by atoms with Crippen molar-refractivity contribution in [2.45, 2.75) is 50.7 Å². The van der Waals surface area contributed by atoms with Crippen molar-refractivity contribution in [2.75, 3.05) is 13.1 Å². The summed E-state index contributed by atoms with van der Waals surface area (Å²) >= 11 is 0. The zero-order chi connectivity index (χ0) is 16.0. The summed E-state index contributed by atoms with van der Waals surface area (Å²) in [6.45, 7) is 1.43. The normalized spacial score (nSPS) is 33.2. The average molecular weight is 315 g/mol. The van der Waals surface area contributed by atoms with Gasteiger partial charge in [-0.25, -0.2) is 0 Å². The van der Waals surface area contributed by atoms with E-state index in [4.69, 9.17) is 0 Å². The van der Waals surface area contributed by atoms with Gasteiger partial charge in [0.15, 0.2) is 0 Å². The van der Waals surface area contributed by atoms with E-state index in [1.54, 1.807) is 0 Å². The van der Waals surface area contributed by atoms with Gasteiger partial charge in [-0.05, 0) is 73.6 Å². The molecule has 0 bridgehead atoms. The van der Waals surface area contributed by atoms with Crippen molar-refractivity contribution in [3.05, 3.63) is 34.9 Å². The summed E-state index contributed by atoms with van der Waals surface area (Å²) in [4.78, 5) is 14.8. The summed E-state index contributed by atoms with van der Waals surface area (Å²) in [6, 6.07) is 6.18. The molecule has 0 aromatic heterocycles. The van der Waals surface area contributed by atoms with Gasteiger partial charge in [-0.1, -0.05) is 6.07 Å². The van der Waals surface area contributed by atoms with Crippen molar-refractivity contribution in [1.29, 1.82) is 0 Å². The minimum Gasteiger partial charge on any atom is -0.390 e. The van der Waals surface area contributed by atoms with Crippen molar-refractivity contribution >= 4 is 5.91 Å². The molecule has 0 unspecified atom stereocenters. The van der Waals surface area contributed by atoms with Crippen molar-refractivity contribution in [1.82, 2.24) is 4.90 Å². The Morgan fingerprint density at radius 2 is 1.57 bits per heavy atom. The van der Waals surface area contributed by atoms with Gasteiger partial charge in [0.25, 0.3) is 5.91 Å². The van der Waals surface area contributed by atoms with Gasteiger partial charge >= 0.3 is 0 Å². The van der Waals surface area contributed by atoms with Crippen LogP contribution in [-0.2, 0) is 12.8 Å². The number of aryl methyl sites for hydroxylation is 2. The molecule has 1 saturated heterocycles. The van der Waals surface area contributed by atoms with Crippen molar-refractivity contribution in [3.8, 4) is 0 Å². The number of fused-ring (bicyclic) bond motifs is 2. The average Bonchev–Trinajstić information content (AvgIpc) is 2.97. The van der Waals surface area contributed by atoms with Crippen LogP contribution in [0.3, 0.4) is 0 Å². The van der Waals surface area contributed by atoms with Crippen LogP contribution in [0.25, 0.3) is 0 Å². The molecule has 1 amide bonds. The number of likely N-dealkylation sites (tertiary alicyclic amines) is 1. The molecule has 0 spiro atoms. The van der Waals surface area contributed by atoms with Crippen LogP contribution in [0.5, 0.6) is 0 Å². The zero-order valence-corrected chi connectivity index (χ0v) is 13.4. The first-order chi connectivity index (χ1) is 11.1. The van der Waals surface area contributed by atoms with E-state index in [-0.39, 0.29) is 5.91 Å². The lowest BCUT2D eigenvalue weighted by molar-refractivity contribution is -0.0372. The highest BCUT2D eigenvalue weighted by atomic mass is 16.3. The summed E-state index contributed by atoms with van der Waals surface area (Å²) in [5.41, 5.74) is 3.53. The Hall–Kier alpha value is -1.39. The fourth-order valence-corrected chi connectivity index (χ4v) is 4.62. The fourth-order valence-electron chi connectivity index (χ4n) is 4.62. The minimum absolute atomic E-state index is 0.108. The molecule has 1 heterocycles. The fraction of sp³-hybridized carbons (Fsp3) is 0.632. The van der Waals surface area contributed by atoms with E-state index in [1.165, 1.54) is 24.0 Å². The first-order valence-corrected chi connectivity index (χ1v) is 8.89. The van der Waals surface area contributed by atoms with E-state index in [2.05, 4.69) is 12.1 Å². The first kappa shape index (κ1) is 15.2. The zero-order valence-electron chi connectivity index (χ0n) is 13.4. The number of hydrogen-bond acceptors (Lipinski definition) is 3. The van der Waals surface area contributed by atoms with E-state index >= 15 is 0 Å². The maximum atomic E-state index is 12.8. The molecule has 23 heavy (non-hydrogen) atoms. The molecule has 1 aliphatic heterocycles. The van der Waals surface area contributed by atoms with Crippen LogP contribution < -0.4 is 0 Å². The number of carbonyl (C=O) groups is 1. The Kier molecular flexibility index (Phi) is 3.90. The topological polar surface area (TPSA) is 60.8 Å². The van der Waals surface area contributed by atoms with Crippen molar-refractivity contribution in [2.24, 2.45) is 11.8 Å². The molecular weight excluding hydrogens is 290 g/mol. The van der Waals surface area contributed by atoms with Gasteiger partial charge in [-0.15, -0.1) is 0 Å². The number of benzene rings is 1. The molecular formula is C19H25NO3. The Bertz CT molecular complexity index is 597. The van der Waals surface area contributed by atoms with Crippen LogP contribution in [0.15, 0.2) is 18.2 Å². The summed E-state index contributed by atoms with van der Waals surface area (Å²) in [6.07, 6.45) is 4.65. The SMILES string of the molecule is O=C(c1ccc2c(c1)CCCC2)N1C[C@H]2C[C@H](O)[C@H](O)C[C@H]2C1. The smallest absolute Gasteiger partial charge is 0.253 e. The second kappa shape index (κ2) is 5.91.